The Balaban J connectivity index is 2.19. The van der Waals surface area contributed by atoms with E-state index in [0.717, 1.165) is 0 Å². The van der Waals surface area contributed by atoms with Crippen LogP contribution in [0, 0.1) is 17.1 Å². The number of benzene rings is 2. The van der Waals surface area contributed by atoms with Crippen molar-refractivity contribution in [2.45, 2.75) is 0 Å². The zero-order valence-electron chi connectivity index (χ0n) is 11.3. The van der Waals surface area contributed by atoms with Crippen LogP contribution in [0.25, 0.3) is 6.08 Å². The Morgan fingerprint density at radius 1 is 1.29 bits per heavy atom. The molecule has 104 valence electrons. The number of rotatable bonds is 4. The summed E-state index contributed by atoms with van der Waals surface area (Å²) < 4.78 is 18.3. The summed E-state index contributed by atoms with van der Waals surface area (Å²) in [5, 5.41) is 8.80. The Labute approximate surface area is 121 Å². The summed E-state index contributed by atoms with van der Waals surface area (Å²) in [6, 6.07) is 12.8. The van der Waals surface area contributed by atoms with E-state index >= 15 is 0 Å². The summed E-state index contributed by atoms with van der Waals surface area (Å²) in [7, 11) is 1.39. The van der Waals surface area contributed by atoms with E-state index in [1.807, 2.05) is 6.07 Å². The van der Waals surface area contributed by atoms with E-state index in [2.05, 4.69) is 0 Å². The van der Waals surface area contributed by atoms with Crippen LogP contribution < -0.4 is 4.74 Å². The Morgan fingerprint density at radius 3 is 2.76 bits per heavy atom. The molecule has 0 amide bonds. The largest absolute Gasteiger partial charge is 0.494 e. The first-order valence-electron chi connectivity index (χ1n) is 6.20. The number of allylic oxidation sites excluding steroid dienone is 1. The smallest absolute Gasteiger partial charge is 0.185 e. The molecule has 0 N–H and O–H groups in total. The molecule has 2 aromatic carbocycles. The summed E-state index contributed by atoms with van der Waals surface area (Å²) in [4.78, 5) is 12.0. The van der Waals surface area contributed by atoms with Crippen molar-refractivity contribution in [2.24, 2.45) is 0 Å². The molecular formula is C17H12FNO2. The molecule has 0 aliphatic carbocycles. The number of carbonyl (C=O) groups excluding carboxylic acids is 1. The van der Waals surface area contributed by atoms with Crippen LogP contribution in [0.3, 0.4) is 0 Å². The van der Waals surface area contributed by atoms with Crippen LogP contribution in [0.2, 0.25) is 0 Å². The van der Waals surface area contributed by atoms with Crippen LogP contribution in [0.1, 0.15) is 21.5 Å². The second-order valence-corrected chi connectivity index (χ2v) is 4.28. The number of nitrogens with zero attached hydrogens (tertiary/aromatic N) is 1. The number of hydrogen-bond acceptors (Lipinski definition) is 3. The maximum atomic E-state index is 13.5. The third-order valence-electron chi connectivity index (χ3n) is 2.88. The van der Waals surface area contributed by atoms with Crippen molar-refractivity contribution >= 4 is 11.9 Å². The van der Waals surface area contributed by atoms with E-state index in [0.29, 0.717) is 16.7 Å². The molecule has 2 rings (SSSR count). The predicted octanol–water partition coefficient (Wildman–Crippen LogP) is 3.60. The Hall–Kier alpha value is -2.93. The first-order chi connectivity index (χ1) is 10.1. The lowest BCUT2D eigenvalue weighted by atomic mass is 10.1. The molecule has 4 heteroatoms. The second kappa shape index (κ2) is 6.49. The van der Waals surface area contributed by atoms with Crippen molar-refractivity contribution in [3.63, 3.8) is 0 Å². The molecule has 0 aromatic heterocycles. The molecule has 0 heterocycles. The average Bonchev–Trinajstić information content (AvgIpc) is 2.52. The lowest BCUT2D eigenvalue weighted by Gasteiger charge is -2.02. The molecule has 0 aliphatic heterocycles. The average molecular weight is 281 g/mol. The van der Waals surface area contributed by atoms with Crippen molar-refractivity contribution in [1.82, 2.24) is 0 Å². The van der Waals surface area contributed by atoms with E-state index in [-0.39, 0.29) is 11.5 Å². The van der Waals surface area contributed by atoms with Gasteiger partial charge in [0.15, 0.2) is 17.3 Å². The Kier molecular flexibility index (Phi) is 4.47. The highest BCUT2D eigenvalue weighted by Crippen LogP contribution is 2.18. The van der Waals surface area contributed by atoms with Gasteiger partial charge >= 0.3 is 0 Å². The highest BCUT2D eigenvalue weighted by atomic mass is 19.1. The molecule has 0 saturated carbocycles. The molecule has 3 nitrogen and oxygen atoms in total. The van der Waals surface area contributed by atoms with Crippen molar-refractivity contribution in [1.29, 1.82) is 5.26 Å². The first kappa shape index (κ1) is 14.5. The van der Waals surface area contributed by atoms with Gasteiger partial charge in [-0.25, -0.2) is 4.39 Å². The molecule has 0 radical (unpaired) electrons. The van der Waals surface area contributed by atoms with Gasteiger partial charge in [-0.3, -0.25) is 4.79 Å². The van der Waals surface area contributed by atoms with E-state index in [9.17, 15) is 9.18 Å². The summed E-state index contributed by atoms with van der Waals surface area (Å²) >= 11 is 0. The fourth-order valence-corrected chi connectivity index (χ4v) is 1.80. The van der Waals surface area contributed by atoms with Crippen molar-refractivity contribution < 1.29 is 13.9 Å². The monoisotopic (exact) mass is 281 g/mol. The number of halogens is 1. The van der Waals surface area contributed by atoms with Gasteiger partial charge in [0.2, 0.25) is 0 Å². The molecule has 2 aromatic rings. The molecule has 0 spiro atoms. The summed E-state index contributed by atoms with van der Waals surface area (Å²) in [6.07, 6.45) is 2.86. The zero-order valence-corrected chi connectivity index (χ0v) is 11.3. The highest BCUT2D eigenvalue weighted by molar-refractivity contribution is 6.07. The summed E-state index contributed by atoms with van der Waals surface area (Å²) in [5.74, 6) is -0.581. The number of ketones is 1. The first-order valence-corrected chi connectivity index (χ1v) is 6.20. The fourth-order valence-electron chi connectivity index (χ4n) is 1.80. The minimum atomic E-state index is -0.487. The Bertz CT molecular complexity index is 745. The van der Waals surface area contributed by atoms with Gasteiger partial charge in [0, 0.05) is 5.56 Å². The van der Waals surface area contributed by atoms with E-state index in [4.69, 9.17) is 10.00 Å². The number of ether oxygens (including phenoxy) is 1. The molecular weight excluding hydrogens is 269 g/mol. The number of nitriles is 1. The van der Waals surface area contributed by atoms with Gasteiger partial charge in [-0.15, -0.1) is 0 Å². The molecule has 0 bridgehead atoms. The van der Waals surface area contributed by atoms with Crippen LogP contribution in [0.15, 0.2) is 48.5 Å². The predicted molar refractivity (Wildman–Crippen MR) is 77.5 cm³/mol. The van der Waals surface area contributed by atoms with Crippen LogP contribution in [-0.2, 0) is 0 Å². The van der Waals surface area contributed by atoms with Gasteiger partial charge in [0.25, 0.3) is 0 Å². The molecule has 0 saturated heterocycles. The lowest BCUT2D eigenvalue weighted by molar-refractivity contribution is 0.104. The molecule has 0 fully saturated rings. The maximum Gasteiger partial charge on any atom is 0.185 e. The van der Waals surface area contributed by atoms with Crippen LogP contribution in [-0.4, -0.2) is 12.9 Å². The summed E-state index contributed by atoms with van der Waals surface area (Å²) in [5.41, 5.74) is 1.39. The summed E-state index contributed by atoms with van der Waals surface area (Å²) in [6.45, 7) is 0. The van der Waals surface area contributed by atoms with Crippen LogP contribution in [0.4, 0.5) is 4.39 Å². The van der Waals surface area contributed by atoms with E-state index < -0.39 is 5.82 Å². The zero-order chi connectivity index (χ0) is 15.2. The van der Waals surface area contributed by atoms with Crippen molar-refractivity contribution in [3.05, 3.63) is 71.0 Å². The maximum absolute atomic E-state index is 13.5. The van der Waals surface area contributed by atoms with Gasteiger partial charge in [0.05, 0.1) is 18.7 Å². The van der Waals surface area contributed by atoms with Gasteiger partial charge in [0.1, 0.15) is 0 Å². The number of methoxy groups -OCH3 is 1. The van der Waals surface area contributed by atoms with Crippen molar-refractivity contribution in [3.8, 4) is 11.8 Å². The SMILES string of the molecule is COc1ccc(C=CC(=O)c2cccc(C#N)c2)cc1F. The van der Waals surface area contributed by atoms with Crippen LogP contribution >= 0.6 is 0 Å². The van der Waals surface area contributed by atoms with Gasteiger partial charge in [-0.05, 0) is 35.9 Å². The van der Waals surface area contributed by atoms with Crippen LogP contribution in [0.5, 0.6) is 5.75 Å². The minimum Gasteiger partial charge on any atom is -0.494 e. The molecule has 0 aliphatic rings. The fraction of sp³-hybridized carbons (Fsp3) is 0.0588. The Morgan fingerprint density at radius 2 is 2.10 bits per heavy atom. The molecule has 0 unspecified atom stereocenters. The molecule has 0 atom stereocenters. The third-order valence-corrected chi connectivity index (χ3v) is 2.88. The van der Waals surface area contributed by atoms with Gasteiger partial charge < -0.3 is 4.74 Å². The normalized spacial score (nSPS) is 10.3. The number of carbonyl (C=O) groups is 1. The minimum absolute atomic E-state index is 0.153. The third kappa shape index (κ3) is 3.54. The van der Waals surface area contributed by atoms with E-state index in [1.165, 1.54) is 37.5 Å². The quantitative estimate of drug-likeness (QED) is 0.635. The topological polar surface area (TPSA) is 50.1 Å². The number of hydrogen-bond donors (Lipinski definition) is 0. The van der Waals surface area contributed by atoms with Crippen molar-refractivity contribution in [2.75, 3.05) is 7.11 Å². The molecule has 21 heavy (non-hydrogen) atoms. The highest BCUT2D eigenvalue weighted by Gasteiger charge is 2.04. The second-order valence-electron chi connectivity index (χ2n) is 4.28. The standard InChI is InChI=1S/C17H12FNO2/c1-21-17-8-6-12(10-15(17)18)5-7-16(20)14-4-2-3-13(9-14)11-19/h2-10H,1H3. The van der Waals surface area contributed by atoms with E-state index in [1.54, 1.807) is 24.3 Å². The van der Waals surface area contributed by atoms with Gasteiger partial charge in [-0.2, -0.15) is 5.26 Å². The lowest BCUT2D eigenvalue weighted by Crippen LogP contribution is -1.94. The van der Waals surface area contributed by atoms with Gasteiger partial charge in [-0.1, -0.05) is 24.3 Å².